The number of anilines is 1. The molecule has 1 heterocycles. The zero-order chi connectivity index (χ0) is 24.4. The number of rotatable bonds is 2. The van der Waals surface area contributed by atoms with E-state index in [4.69, 9.17) is 0 Å². The first-order valence-corrected chi connectivity index (χ1v) is 11.8. The minimum absolute atomic E-state index is 0.0168. The molecule has 176 valence electrons. The fraction of sp³-hybridized carbons (Fsp3) is 0.379. The van der Waals surface area contributed by atoms with Gasteiger partial charge in [-0.3, -0.25) is 9.59 Å². The first-order chi connectivity index (χ1) is 16.0. The lowest BCUT2D eigenvalue weighted by molar-refractivity contribution is -0.119. The van der Waals surface area contributed by atoms with Crippen LogP contribution in [-0.2, 0) is 9.59 Å². The summed E-state index contributed by atoms with van der Waals surface area (Å²) in [6.07, 6.45) is 1.97. The Morgan fingerprint density at radius 2 is 1.26 bits per heavy atom. The van der Waals surface area contributed by atoms with Crippen LogP contribution in [-0.4, -0.2) is 11.6 Å². The van der Waals surface area contributed by atoms with Gasteiger partial charge in [0, 0.05) is 47.0 Å². The number of halogens is 2. The van der Waals surface area contributed by atoms with Crippen molar-refractivity contribution >= 4 is 17.3 Å². The van der Waals surface area contributed by atoms with E-state index in [1.165, 1.54) is 24.3 Å². The molecule has 0 N–H and O–H groups in total. The van der Waals surface area contributed by atoms with E-state index < -0.39 is 11.7 Å². The minimum Gasteiger partial charge on any atom is -0.317 e. The van der Waals surface area contributed by atoms with Gasteiger partial charge in [-0.05, 0) is 65.6 Å². The normalized spacial score (nSPS) is 22.1. The van der Waals surface area contributed by atoms with Crippen LogP contribution in [0, 0.1) is 22.5 Å². The van der Waals surface area contributed by atoms with Gasteiger partial charge < -0.3 is 4.90 Å². The number of allylic oxidation sites excluding steroid dienone is 4. The maximum atomic E-state index is 14.3. The van der Waals surface area contributed by atoms with Crippen LogP contribution in [0.2, 0.25) is 0 Å². The molecule has 0 bridgehead atoms. The second-order valence-corrected chi connectivity index (χ2v) is 11.4. The summed E-state index contributed by atoms with van der Waals surface area (Å²) >= 11 is 0. The molecule has 2 aliphatic carbocycles. The second kappa shape index (κ2) is 7.72. The number of hydrogen-bond acceptors (Lipinski definition) is 3. The van der Waals surface area contributed by atoms with Crippen molar-refractivity contribution in [3.05, 3.63) is 88.3 Å². The van der Waals surface area contributed by atoms with E-state index in [0.717, 1.165) is 17.1 Å². The van der Waals surface area contributed by atoms with Gasteiger partial charge in [0.1, 0.15) is 11.6 Å². The van der Waals surface area contributed by atoms with Gasteiger partial charge in [-0.2, -0.15) is 0 Å². The lowest BCUT2D eigenvalue weighted by atomic mass is 9.63. The molecule has 5 rings (SSSR count). The molecular weight excluding hydrogens is 432 g/mol. The van der Waals surface area contributed by atoms with E-state index in [1.807, 2.05) is 4.90 Å². The van der Waals surface area contributed by atoms with E-state index in [0.29, 0.717) is 42.4 Å². The van der Waals surface area contributed by atoms with Crippen molar-refractivity contribution in [2.45, 2.75) is 59.3 Å². The van der Waals surface area contributed by atoms with E-state index in [9.17, 15) is 18.4 Å². The number of carbonyl (C=O) groups is 2. The third kappa shape index (κ3) is 3.81. The molecule has 0 atom stereocenters. The van der Waals surface area contributed by atoms with E-state index in [-0.39, 0.29) is 28.2 Å². The smallest absolute Gasteiger partial charge is 0.162 e. The summed E-state index contributed by atoms with van der Waals surface area (Å²) in [6.45, 7) is 8.26. The summed E-state index contributed by atoms with van der Waals surface area (Å²) in [4.78, 5) is 29.4. The van der Waals surface area contributed by atoms with E-state index in [1.54, 1.807) is 24.3 Å². The predicted octanol–water partition coefficient (Wildman–Crippen LogP) is 6.86. The fourth-order valence-corrected chi connectivity index (χ4v) is 5.89. The second-order valence-electron chi connectivity index (χ2n) is 11.4. The molecule has 34 heavy (non-hydrogen) atoms. The van der Waals surface area contributed by atoms with Crippen molar-refractivity contribution < 1.29 is 18.4 Å². The summed E-state index contributed by atoms with van der Waals surface area (Å²) in [7, 11) is 0. The molecule has 3 nitrogen and oxygen atoms in total. The van der Waals surface area contributed by atoms with E-state index in [2.05, 4.69) is 27.7 Å². The zero-order valence-electron chi connectivity index (χ0n) is 20.0. The van der Waals surface area contributed by atoms with Gasteiger partial charge in [-0.15, -0.1) is 0 Å². The molecule has 0 unspecified atom stereocenters. The largest absolute Gasteiger partial charge is 0.317 e. The third-order valence-corrected chi connectivity index (χ3v) is 7.18. The fourth-order valence-electron chi connectivity index (χ4n) is 5.89. The Labute approximate surface area is 199 Å². The summed E-state index contributed by atoms with van der Waals surface area (Å²) < 4.78 is 28.2. The van der Waals surface area contributed by atoms with Crippen molar-refractivity contribution in [1.29, 1.82) is 0 Å². The zero-order valence-corrected chi connectivity index (χ0v) is 20.0. The van der Waals surface area contributed by atoms with Crippen LogP contribution in [0.1, 0.15) is 64.9 Å². The Morgan fingerprint density at radius 1 is 0.735 bits per heavy atom. The summed E-state index contributed by atoms with van der Waals surface area (Å²) in [5, 5.41) is 0. The quantitative estimate of drug-likeness (QED) is 0.491. The van der Waals surface area contributed by atoms with Gasteiger partial charge in [0.2, 0.25) is 0 Å². The molecule has 2 aromatic rings. The Balaban J connectivity index is 1.83. The predicted molar refractivity (Wildman–Crippen MR) is 128 cm³/mol. The molecule has 0 fully saturated rings. The summed E-state index contributed by atoms with van der Waals surface area (Å²) in [6, 6.07) is 12.5. The summed E-state index contributed by atoms with van der Waals surface area (Å²) in [5.74, 6) is -1.37. The molecule has 0 spiro atoms. The SMILES string of the molecule is CC1(C)CC(=O)C2=C(C1)N(c1ccc(F)cc1)C1=C(C(=O)CC(C)(C)C1)C2c1cccc(F)c1. The molecule has 3 aliphatic rings. The summed E-state index contributed by atoms with van der Waals surface area (Å²) in [5.41, 5.74) is 3.63. The monoisotopic (exact) mass is 461 g/mol. The molecule has 2 aromatic carbocycles. The van der Waals surface area contributed by atoms with Crippen molar-refractivity contribution in [3.8, 4) is 0 Å². The van der Waals surface area contributed by atoms with Crippen molar-refractivity contribution in [2.75, 3.05) is 4.90 Å². The molecule has 1 aliphatic heterocycles. The van der Waals surface area contributed by atoms with Crippen LogP contribution in [0.15, 0.2) is 71.1 Å². The van der Waals surface area contributed by atoms with Crippen molar-refractivity contribution in [3.63, 3.8) is 0 Å². The van der Waals surface area contributed by atoms with Crippen molar-refractivity contribution in [1.82, 2.24) is 0 Å². The molecule has 0 saturated heterocycles. The van der Waals surface area contributed by atoms with Crippen LogP contribution in [0.4, 0.5) is 14.5 Å². The maximum Gasteiger partial charge on any atom is 0.162 e. The first kappa shape index (κ1) is 22.7. The van der Waals surface area contributed by atoms with Gasteiger partial charge in [0.25, 0.3) is 0 Å². The van der Waals surface area contributed by atoms with Crippen LogP contribution in [0.5, 0.6) is 0 Å². The van der Waals surface area contributed by atoms with Crippen LogP contribution in [0.3, 0.4) is 0 Å². The number of Topliss-reactive ketones (excluding diaryl/α,β-unsaturated/α-hetero) is 2. The number of ketones is 2. The average Bonchev–Trinajstić information content (AvgIpc) is 2.71. The third-order valence-electron chi connectivity index (χ3n) is 7.18. The molecule has 0 saturated carbocycles. The Kier molecular flexibility index (Phi) is 5.16. The lowest BCUT2D eigenvalue weighted by Crippen LogP contribution is -2.44. The van der Waals surface area contributed by atoms with Gasteiger partial charge in [-0.25, -0.2) is 8.78 Å². The standard InChI is InChI=1S/C29H29F2NO2/c1-28(2)13-21-26(23(33)15-28)25(17-6-5-7-19(31)12-17)27-22(14-29(3,4)16-24(27)34)32(21)20-10-8-18(30)9-11-20/h5-12,25H,13-16H2,1-4H3. The highest BCUT2D eigenvalue weighted by molar-refractivity contribution is 6.08. The van der Waals surface area contributed by atoms with E-state index >= 15 is 0 Å². The van der Waals surface area contributed by atoms with Crippen LogP contribution in [0.25, 0.3) is 0 Å². The Bertz CT molecular complexity index is 1210. The van der Waals surface area contributed by atoms with Crippen molar-refractivity contribution in [2.24, 2.45) is 10.8 Å². The van der Waals surface area contributed by atoms with Gasteiger partial charge in [0.05, 0.1) is 0 Å². The van der Waals surface area contributed by atoms with Gasteiger partial charge >= 0.3 is 0 Å². The maximum absolute atomic E-state index is 14.3. The van der Waals surface area contributed by atoms with Gasteiger partial charge in [-0.1, -0.05) is 39.8 Å². The highest BCUT2D eigenvalue weighted by Crippen LogP contribution is 2.55. The first-order valence-electron chi connectivity index (χ1n) is 11.8. The van der Waals surface area contributed by atoms with Crippen LogP contribution < -0.4 is 4.90 Å². The lowest BCUT2D eigenvalue weighted by Gasteiger charge is -2.49. The number of nitrogens with zero attached hydrogens (tertiary/aromatic N) is 1. The minimum atomic E-state index is -0.593. The molecule has 0 radical (unpaired) electrons. The van der Waals surface area contributed by atoms with Crippen LogP contribution >= 0.6 is 0 Å². The Morgan fingerprint density at radius 3 is 1.76 bits per heavy atom. The van der Waals surface area contributed by atoms with Gasteiger partial charge in [0.15, 0.2) is 11.6 Å². The Hall–Kier alpha value is -3.08. The molecule has 5 heteroatoms. The molecule has 0 aromatic heterocycles. The molecular formula is C29H29F2NO2. The average molecular weight is 462 g/mol. The number of benzene rings is 2. The topological polar surface area (TPSA) is 37.4 Å². The molecule has 0 amide bonds. The highest BCUT2D eigenvalue weighted by atomic mass is 19.1. The highest BCUT2D eigenvalue weighted by Gasteiger charge is 2.49. The number of carbonyl (C=O) groups excluding carboxylic acids is 2. The number of hydrogen-bond donors (Lipinski definition) is 0.